The quantitative estimate of drug-likeness (QED) is 0.355. The smallest absolute Gasteiger partial charge is 0.140 e. The Morgan fingerprint density at radius 3 is 2.31 bits per heavy atom. The van der Waals surface area contributed by atoms with Gasteiger partial charge in [-0.1, -0.05) is 42.3 Å². The second kappa shape index (κ2) is 11.7. The Balaban J connectivity index is 0.00000289. The Kier molecular flexibility index (Phi) is 8.60. The van der Waals surface area contributed by atoms with Gasteiger partial charge in [0.1, 0.15) is 35.7 Å². The first kappa shape index (κ1) is 25.8. The van der Waals surface area contributed by atoms with Gasteiger partial charge < -0.3 is 19.7 Å². The summed E-state index contributed by atoms with van der Waals surface area (Å²) in [6, 6.07) is 18.5. The van der Waals surface area contributed by atoms with Crippen molar-refractivity contribution in [3.63, 3.8) is 0 Å². The summed E-state index contributed by atoms with van der Waals surface area (Å²) in [5.74, 6) is 1.74. The lowest BCUT2D eigenvalue weighted by molar-refractivity contribution is 0.182. The van der Waals surface area contributed by atoms with Crippen LogP contribution in [0, 0.1) is 0 Å². The number of hydrogen-bond donors (Lipinski definition) is 2. The SMILES string of the molecule is Cl.Oc1ccc(C2Sc3c(ccc(O)c3Cl)OC2c2ccc(OCCN3CCCCC3)cc2)cc1. The van der Waals surface area contributed by atoms with Crippen LogP contribution < -0.4 is 9.47 Å². The average Bonchev–Trinajstić information content (AvgIpc) is 2.87. The number of benzene rings is 3. The Labute approximate surface area is 221 Å². The van der Waals surface area contributed by atoms with Gasteiger partial charge in [0.05, 0.1) is 15.2 Å². The van der Waals surface area contributed by atoms with E-state index < -0.39 is 0 Å². The van der Waals surface area contributed by atoms with Crippen molar-refractivity contribution in [2.75, 3.05) is 26.2 Å². The van der Waals surface area contributed by atoms with Gasteiger partial charge in [-0.15, -0.1) is 24.2 Å². The van der Waals surface area contributed by atoms with Crippen molar-refractivity contribution >= 4 is 35.8 Å². The van der Waals surface area contributed by atoms with Crippen LogP contribution in [0.1, 0.15) is 41.7 Å². The number of phenolic OH excluding ortho intramolecular Hbond substituents is 2. The third-order valence-electron chi connectivity index (χ3n) is 6.37. The monoisotopic (exact) mass is 533 g/mol. The lowest BCUT2D eigenvalue weighted by Gasteiger charge is -2.34. The predicted octanol–water partition coefficient (Wildman–Crippen LogP) is 7.00. The van der Waals surface area contributed by atoms with E-state index in [-0.39, 0.29) is 35.3 Å². The van der Waals surface area contributed by atoms with Gasteiger partial charge in [-0.25, -0.2) is 0 Å². The van der Waals surface area contributed by atoms with Crippen molar-refractivity contribution in [2.45, 2.75) is 35.5 Å². The minimum atomic E-state index is -0.273. The van der Waals surface area contributed by atoms with Gasteiger partial charge in [-0.2, -0.15) is 0 Å². The predicted molar refractivity (Wildman–Crippen MR) is 143 cm³/mol. The highest BCUT2D eigenvalue weighted by molar-refractivity contribution is 7.99. The molecular weight excluding hydrogens is 505 g/mol. The van der Waals surface area contributed by atoms with Gasteiger partial charge in [-0.3, -0.25) is 4.90 Å². The maximum absolute atomic E-state index is 10.1. The molecule has 0 radical (unpaired) electrons. The molecular formula is C27H29Cl2NO4S. The molecule has 2 atom stereocenters. The normalized spacial score (nSPS) is 19.8. The number of piperidine rings is 1. The third-order valence-corrected chi connectivity index (χ3v) is 8.28. The van der Waals surface area contributed by atoms with E-state index in [0.29, 0.717) is 22.3 Å². The minimum absolute atomic E-state index is 0. The van der Waals surface area contributed by atoms with E-state index in [9.17, 15) is 10.2 Å². The van der Waals surface area contributed by atoms with Crippen molar-refractivity contribution in [3.8, 4) is 23.0 Å². The van der Waals surface area contributed by atoms with Crippen LogP contribution in [0.2, 0.25) is 5.02 Å². The fourth-order valence-electron chi connectivity index (χ4n) is 4.50. The van der Waals surface area contributed by atoms with Crippen LogP contribution in [-0.2, 0) is 0 Å². The molecule has 0 saturated carbocycles. The number of thioether (sulfide) groups is 1. The van der Waals surface area contributed by atoms with Crippen LogP contribution in [0.4, 0.5) is 0 Å². The molecule has 1 fully saturated rings. The summed E-state index contributed by atoms with van der Waals surface area (Å²) in [7, 11) is 0. The number of hydrogen-bond acceptors (Lipinski definition) is 6. The lowest BCUT2D eigenvalue weighted by atomic mass is 10.00. The first-order valence-electron chi connectivity index (χ1n) is 11.7. The minimum Gasteiger partial charge on any atom is -0.508 e. The molecule has 2 heterocycles. The van der Waals surface area contributed by atoms with Gasteiger partial charge in [0.15, 0.2) is 0 Å². The van der Waals surface area contributed by atoms with E-state index in [1.165, 1.54) is 32.4 Å². The van der Waals surface area contributed by atoms with E-state index in [0.717, 1.165) is 23.4 Å². The molecule has 1 saturated heterocycles. The molecule has 3 aromatic carbocycles. The zero-order valence-corrected chi connectivity index (χ0v) is 21.6. The molecule has 8 heteroatoms. The topological polar surface area (TPSA) is 62.2 Å². The van der Waals surface area contributed by atoms with Crippen molar-refractivity contribution in [1.29, 1.82) is 0 Å². The number of nitrogens with zero attached hydrogens (tertiary/aromatic N) is 1. The standard InChI is InChI=1S/C27H28ClNO4S.ClH/c28-24-22(31)12-13-23-27(24)34-26(19-4-8-20(30)9-5-19)25(33-23)18-6-10-21(11-7-18)32-17-16-29-14-2-1-3-15-29;/h4-13,25-26,30-31H,1-3,14-17H2;1H. The molecule has 2 unspecified atom stereocenters. The van der Waals surface area contributed by atoms with Crippen LogP contribution in [-0.4, -0.2) is 41.4 Å². The second-order valence-corrected chi connectivity index (χ2v) is 10.2. The highest BCUT2D eigenvalue weighted by Crippen LogP contribution is 2.56. The molecule has 0 aromatic heterocycles. The summed E-state index contributed by atoms with van der Waals surface area (Å²) in [5.41, 5.74) is 2.02. The largest absolute Gasteiger partial charge is 0.508 e. The van der Waals surface area contributed by atoms with Gasteiger partial charge in [0, 0.05) is 6.54 Å². The Morgan fingerprint density at radius 2 is 1.60 bits per heavy atom. The number of likely N-dealkylation sites (tertiary alicyclic amines) is 1. The Morgan fingerprint density at radius 1 is 0.914 bits per heavy atom. The Bertz CT molecular complexity index is 1120. The summed E-state index contributed by atoms with van der Waals surface area (Å²) in [4.78, 5) is 3.18. The molecule has 2 N–H and O–H groups in total. The van der Waals surface area contributed by atoms with Crippen LogP contribution in [0.3, 0.4) is 0 Å². The molecule has 35 heavy (non-hydrogen) atoms. The highest BCUT2D eigenvalue weighted by Gasteiger charge is 2.35. The maximum atomic E-state index is 10.1. The van der Waals surface area contributed by atoms with E-state index in [1.54, 1.807) is 36.0 Å². The number of phenols is 2. The molecule has 5 rings (SSSR count). The van der Waals surface area contributed by atoms with Crippen molar-refractivity contribution in [3.05, 3.63) is 76.8 Å². The van der Waals surface area contributed by atoms with Gasteiger partial charge >= 0.3 is 0 Å². The summed E-state index contributed by atoms with van der Waals surface area (Å²) in [5, 5.41) is 20.0. The summed E-state index contributed by atoms with van der Waals surface area (Å²) in [6.07, 6.45) is 3.63. The first-order chi connectivity index (χ1) is 16.6. The van der Waals surface area contributed by atoms with Crippen molar-refractivity contribution in [2.24, 2.45) is 0 Å². The van der Waals surface area contributed by atoms with E-state index >= 15 is 0 Å². The molecule has 2 aliphatic heterocycles. The molecule has 0 aliphatic carbocycles. The van der Waals surface area contributed by atoms with Crippen LogP contribution in [0.15, 0.2) is 65.6 Å². The molecule has 0 amide bonds. The van der Waals surface area contributed by atoms with Crippen LogP contribution in [0.5, 0.6) is 23.0 Å². The lowest BCUT2D eigenvalue weighted by Crippen LogP contribution is -2.33. The molecule has 186 valence electrons. The highest BCUT2D eigenvalue weighted by atomic mass is 35.5. The zero-order valence-electron chi connectivity index (χ0n) is 19.2. The molecule has 2 aliphatic rings. The van der Waals surface area contributed by atoms with E-state index in [4.69, 9.17) is 21.1 Å². The van der Waals surface area contributed by atoms with Gasteiger partial charge in [0.2, 0.25) is 0 Å². The number of rotatable bonds is 6. The van der Waals surface area contributed by atoms with Crippen molar-refractivity contribution in [1.82, 2.24) is 4.90 Å². The number of aromatic hydroxyl groups is 2. The summed E-state index contributed by atoms with van der Waals surface area (Å²) < 4.78 is 12.4. The fraction of sp³-hybridized carbons (Fsp3) is 0.333. The maximum Gasteiger partial charge on any atom is 0.140 e. The molecule has 3 aromatic rings. The molecule has 0 bridgehead atoms. The second-order valence-electron chi connectivity index (χ2n) is 8.71. The molecule has 0 spiro atoms. The summed E-state index contributed by atoms with van der Waals surface area (Å²) in [6.45, 7) is 3.97. The number of ether oxygens (including phenoxy) is 2. The summed E-state index contributed by atoms with van der Waals surface area (Å²) >= 11 is 7.96. The van der Waals surface area contributed by atoms with Gasteiger partial charge in [-0.05, 0) is 73.5 Å². The van der Waals surface area contributed by atoms with E-state index in [1.807, 2.05) is 36.4 Å². The third kappa shape index (κ3) is 5.95. The van der Waals surface area contributed by atoms with Gasteiger partial charge in [0.25, 0.3) is 0 Å². The average molecular weight is 535 g/mol. The first-order valence-corrected chi connectivity index (χ1v) is 12.9. The van der Waals surface area contributed by atoms with Crippen LogP contribution >= 0.6 is 35.8 Å². The van der Waals surface area contributed by atoms with E-state index in [2.05, 4.69) is 4.90 Å². The molecule has 5 nitrogen and oxygen atoms in total. The number of fused-ring (bicyclic) bond motifs is 1. The Hall–Kier alpha value is -2.25. The van der Waals surface area contributed by atoms with Crippen molar-refractivity contribution < 1.29 is 19.7 Å². The fourth-order valence-corrected chi connectivity index (χ4v) is 6.11. The zero-order chi connectivity index (χ0) is 23.5. The number of halogens is 2. The van der Waals surface area contributed by atoms with Crippen LogP contribution in [0.25, 0.3) is 0 Å².